The van der Waals surface area contributed by atoms with E-state index in [0.717, 1.165) is 18.7 Å². The Morgan fingerprint density at radius 2 is 2.32 bits per heavy atom. The molecular weight excluding hydrogens is 244 g/mol. The Bertz CT molecular complexity index is 376. The van der Waals surface area contributed by atoms with Gasteiger partial charge in [-0.3, -0.25) is 9.48 Å². The Kier molecular flexibility index (Phi) is 7.14. The van der Waals surface area contributed by atoms with E-state index in [0.29, 0.717) is 25.6 Å². The molecule has 1 aromatic heterocycles. The molecule has 1 rings (SSSR count). The molecule has 0 bridgehead atoms. The zero-order chi connectivity index (χ0) is 14.1. The molecule has 0 radical (unpaired) electrons. The predicted molar refractivity (Wildman–Crippen MR) is 75.1 cm³/mol. The van der Waals surface area contributed by atoms with Crippen LogP contribution in [0.5, 0.6) is 0 Å². The minimum Gasteiger partial charge on any atom is -0.383 e. The summed E-state index contributed by atoms with van der Waals surface area (Å²) in [6.45, 7) is 6.34. The van der Waals surface area contributed by atoms with Gasteiger partial charge in [0.05, 0.1) is 25.0 Å². The number of nitrogens with one attached hydrogen (secondary N) is 2. The number of methoxy groups -OCH3 is 1. The number of rotatable bonds is 9. The fraction of sp³-hybridized carbons (Fsp3) is 0.692. The molecule has 6 nitrogen and oxygen atoms in total. The molecule has 0 spiro atoms. The molecular formula is C13H24N4O2. The molecule has 0 fully saturated rings. The molecule has 0 atom stereocenters. The standard InChI is InChI=1S/C13H24N4O2/c1-11(2)14-6-4-5-13(18)16-12-9-15-17(10-12)7-8-19-3/h9-11,14H,4-8H2,1-3H3,(H,16,18). The van der Waals surface area contributed by atoms with Crippen molar-refractivity contribution in [2.45, 2.75) is 39.3 Å². The van der Waals surface area contributed by atoms with Crippen LogP contribution in [0.3, 0.4) is 0 Å². The maximum absolute atomic E-state index is 11.7. The molecule has 0 saturated heterocycles. The molecule has 0 aliphatic rings. The Labute approximate surface area is 114 Å². The third kappa shape index (κ3) is 6.93. The smallest absolute Gasteiger partial charge is 0.224 e. The number of hydrogen-bond acceptors (Lipinski definition) is 4. The highest BCUT2D eigenvalue weighted by molar-refractivity contribution is 5.90. The van der Waals surface area contributed by atoms with Gasteiger partial charge in [0.1, 0.15) is 0 Å². The summed E-state index contributed by atoms with van der Waals surface area (Å²) in [5, 5.41) is 10.3. The minimum absolute atomic E-state index is 0.0249. The Hall–Kier alpha value is -1.40. The molecule has 0 saturated carbocycles. The SMILES string of the molecule is COCCn1cc(NC(=O)CCCNC(C)C)cn1. The van der Waals surface area contributed by atoms with E-state index in [1.54, 1.807) is 18.0 Å². The van der Waals surface area contributed by atoms with Gasteiger partial charge < -0.3 is 15.4 Å². The summed E-state index contributed by atoms with van der Waals surface area (Å²) in [5.74, 6) is 0.0249. The maximum Gasteiger partial charge on any atom is 0.224 e. The Morgan fingerprint density at radius 1 is 1.53 bits per heavy atom. The molecule has 0 aromatic carbocycles. The molecule has 1 heterocycles. The van der Waals surface area contributed by atoms with Gasteiger partial charge in [0.25, 0.3) is 0 Å². The first-order valence-electron chi connectivity index (χ1n) is 6.66. The summed E-state index contributed by atoms with van der Waals surface area (Å²) in [4.78, 5) is 11.7. The van der Waals surface area contributed by atoms with Gasteiger partial charge in [-0.15, -0.1) is 0 Å². The molecule has 6 heteroatoms. The molecule has 1 amide bonds. The van der Waals surface area contributed by atoms with Gasteiger partial charge in [-0.25, -0.2) is 0 Å². The summed E-state index contributed by atoms with van der Waals surface area (Å²) >= 11 is 0. The monoisotopic (exact) mass is 268 g/mol. The van der Waals surface area contributed by atoms with Gasteiger partial charge in [0.2, 0.25) is 5.91 Å². The lowest BCUT2D eigenvalue weighted by atomic mass is 10.2. The normalized spacial score (nSPS) is 10.9. The second-order valence-corrected chi connectivity index (χ2v) is 4.75. The lowest BCUT2D eigenvalue weighted by molar-refractivity contribution is -0.116. The zero-order valence-electron chi connectivity index (χ0n) is 12.0. The van der Waals surface area contributed by atoms with Crippen LogP contribution in [-0.2, 0) is 16.1 Å². The number of carbonyl (C=O) groups excluding carboxylic acids is 1. The number of nitrogens with zero attached hydrogens (tertiary/aromatic N) is 2. The van der Waals surface area contributed by atoms with E-state index in [4.69, 9.17) is 4.74 Å². The predicted octanol–water partition coefficient (Wildman–Crippen LogP) is 1.25. The van der Waals surface area contributed by atoms with Crippen LogP contribution in [0.4, 0.5) is 5.69 Å². The van der Waals surface area contributed by atoms with Crippen molar-refractivity contribution in [3.05, 3.63) is 12.4 Å². The molecule has 0 aliphatic carbocycles. The van der Waals surface area contributed by atoms with Crippen LogP contribution in [-0.4, -0.2) is 42.0 Å². The zero-order valence-corrected chi connectivity index (χ0v) is 12.0. The third-order valence-corrected chi connectivity index (χ3v) is 2.57. The van der Waals surface area contributed by atoms with Gasteiger partial charge in [0, 0.05) is 25.8 Å². The van der Waals surface area contributed by atoms with Crippen LogP contribution >= 0.6 is 0 Å². The van der Waals surface area contributed by atoms with Crippen molar-refractivity contribution < 1.29 is 9.53 Å². The van der Waals surface area contributed by atoms with Crippen molar-refractivity contribution in [3.63, 3.8) is 0 Å². The van der Waals surface area contributed by atoms with E-state index in [1.165, 1.54) is 0 Å². The van der Waals surface area contributed by atoms with Crippen molar-refractivity contribution in [1.82, 2.24) is 15.1 Å². The van der Waals surface area contributed by atoms with E-state index < -0.39 is 0 Å². The van der Waals surface area contributed by atoms with Crippen molar-refractivity contribution in [1.29, 1.82) is 0 Å². The quantitative estimate of drug-likeness (QED) is 0.661. The summed E-state index contributed by atoms with van der Waals surface area (Å²) < 4.78 is 6.72. The molecule has 1 aromatic rings. The molecule has 0 aliphatic heterocycles. The van der Waals surface area contributed by atoms with Crippen LogP contribution in [0.25, 0.3) is 0 Å². The highest BCUT2D eigenvalue weighted by Gasteiger charge is 2.04. The van der Waals surface area contributed by atoms with Crippen molar-refractivity contribution >= 4 is 11.6 Å². The Balaban J connectivity index is 2.22. The minimum atomic E-state index is 0.0249. The largest absolute Gasteiger partial charge is 0.383 e. The first-order chi connectivity index (χ1) is 9.11. The van der Waals surface area contributed by atoms with E-state index in [1.807, 2.05) is 6.20 Å². The van der Waals surface area contributed by atoms with Crippen molar-refractivity contribution in [2.75, 3.05) is 25.6 Å². The van der Waals surface area contributed by atoms with Gasteiger partial charge in [-0.2, -0.15) is 5.10 Å². The highest BCUT2D eigenvalue weighted by Crippen LogP contribution is 2.05. The first kappa shape index (κ1) is 15.7. The summed E-state index contributed by atoms with van der Waals surface area (Å²) in [6, 6.07) is 0.460. The number of hydrogen-bond donors (Lipinski definition) is 2. The average Bonchev–Trinajstić information content (AvgIpc) is 2.79. The first-order valence-corrected chi connectivity index (χ1v) is 6.66. The second kappa shape index (κ2) is 8.66. The van der Waals surface area contributed by atoms with Gasteiger partial charge in [-0.1, -0.05) is 13.8 Å². The Morgan fingerprint density at radius 3 is 3.00 bits per heavy atom. The second-order valence-electron chi connectivity index (χ2n) is 4.75. The van der Waals surface area contributed by atoms with Crippen LogP contribution in [0, 0.1) is 0 Å². The summed E-state index contributed by atoms with van der Waals surface area (Å²) in [5.41, 5.74) is 0.734. The molecule has 0 unspecified atom stereocenters. The van der Waals surface area contributed by atoms with Crippen LogP contribution in [0.15, 0.2) is 12.4 Å². The van der Waals surface area contributed by atoms with Crippen molar-refractivity contribution in [2.24, 2.45) is 0 Å². The molecule has 108 valence electrons. The third-order valence-electron chi connectivity index (χ3n) is 2.57. The molecule has 2 N–H and O–H groups in total. The lowest BCUT2D eigenvalue weighted by Crippen LogP contribution is -2.24. The fourth-order valence-corrected chi connectivity index (χ4v) is 1.60. The van der Waals surface area contributed by atoms with Crippen LogP contribution in [0.2, 0.25) is 0 Å². The number of ether oxygens (including phenoxy) is 1. The van der Waals surface area contributed by atoms with E-state index in [2.05, 4.69) is 29.6 Å². The van der Waals surface area contributed by atoms with Crippen LogP contribution in [0.1, 0.15) is 26.7 Å². The van der Waals surface area contributed by atoms with E-state index in [-0.39, 0.29) is 5.91 Å². The van der Waals surface area contributed by atoms with E-state index in [9.17, 15) is 4.79 Å². The lowest BCUT2D eigenvalue weighted by Gasteiger charge is -2.07. The summed E-state index contributed by atoms with van der Waals surface area (Å²) in [7, 11) is 1.65. The topological polar surface area (TPSA) is 68.2 Å². The van der Waals surface area contributed by atoms with Gasteiger partial charge in [-0.05, 0) is 13.0 Å². The van der Waals surface area contributed by atoms with Crippen LogP contribution < -0.4 is 10.6 Å². The highest BCUT2D eigenvalue weighted by atomic mass is 16.5. The van der Waals surface area contributed by atoms with E-state index >= 15 is 0 Å². The summed E-state index contributed by atoms with van der Waals surface area (Å²) in [6.07, 6.45) is 4.81. The maximum atomic E-state index is 11.7. The van der Waals surface area contributed by atoms with Gasteiger partial charge >= 0.3 is 0 Å². The van der Waals surface area contributed by atoms with Crippen molar-refractivity contribution in [3.8, 4) is 0 Å². The molecule has 19 heavy (non-hydrogen) atoms. The average molecular weight is 268 g/mol. The van der Waals surface area contributed by atoms with Gasteiger partial charge in [0.15, 0.2) is 0 Å². The number of aromatic nitrogens is 2. The fourth-order valence-electron chi connectivity index (χ4n) is 1.60. The number of anilines is 1. The number of amides is 1. The number of carbonyl (C=O) groups is 1.